The number of nitrogens with zero attached hydrogens (tertiary/aromatic N) is 1. The number of aryl methyl sites for hydroxylation is 1. The van der Waals surface area contributed by atoms with Gasteiger partial charge in [-0.3, -0.25) is 4.79 Å². The molecule has 4 heteroatoms. The fraction of sp³-hybridized carbons (Fsp3) is 0.350. The Labute approximate surface area is 152 Å². The van der Waals surface area contributed by atoms with Crippen LogP contribution in [0.25, 0.3) is 20.2 Å². The Morgan fingerprint density at radius 2 is 1.92 bits per heavy atom. The first-order valence-corrected chi connectivity index (χ1v) is 8.94. The summed E-state index contributed by atoms with van der Waals surface area (Å²) in [5.74, 6) is 0. The Balaban J connectivity index is 2.20. The smallest absolute Gasteiger partial charge is 0.197 e. The lowest BCUT2D eigenvalue weighted by Gasteiger charge is -2.19. The van der Waals surface area contributed by atoms with Crippen molar-refractivity contribution < 1.29 is 5.48 Å². The summed E-state index contributed by atoms with van der Waals surface area (Å²) in [4.78, 5) is 14.6. The molecule has 126 valence electrons. The Bertz CT molecular complexity index is 1080. The van der Waals surface area contributed by atoms with E-state index in [1.807, 2.05) is 31.2 Å². The number of likely N-dealkylation sites (N-methyl/N-ethyl adjacent to an activating group) is 1. The molecule has 0 fully saturated rings. The molecule has 24 heavy (non-hydrogen) atoms. The number of nitrogens with one attached hydrogen (secondary N) is 1. The Hall–Kier alpha value is -1.91. The summed E-state index contributed by atoms with van der Waals surface area (Å²) in [5, 5.41) is 3.70. The predicted octanol–water partition coefficient (Wildman–Crippen LogP) is 4.48. The van der Waals surface area contributed by atoms with Gasteiger partial charge in [-0.2, -0.15) is 0 Å². The van der Waals surface area contributed by atoms with Crippen LogP contribution < -0.4 is 10.7 Å². The van der Waals surface area contributed by atoms with Crippen LogP contribution in [0.2, 0.25) is 0 Å². The van der Waals surface area contributed by atoms with Crippen LogP contribution >= 0.6 is 11.3 Å². The van der Waals surface area contributed by atoms with Crippen molar-refractivity contribution in [3.63, 3.8) is 0 Å². The average molecular weight is 345 g/mol. The van der Waals surface area contributed by atoms with Crippen molar-refractivity contribution in [1.82, 2.24) is 4.90 Å². The van der Waals surface area contributed by atoms with E-state index in [0.29, 0.717) is 29.5 Å². The molecule has 0 saturated carbocycles. The van der Waals surface area contributed by atoms with Gasteiger partial charge in [0.25, 0.3) is 0 Å². The highest BCUT2D eigenvalue weighted by Gasteiger charge is 2.12. The zero-order chi connectivity index (χ0) is 20.7. The average Bonchev–Trinajstić information content (AvgIpc) is 2.65. The van der Waals surface area contributed by atoms with Crippen LogP contribution in [0.15, 0.2) is 41.2 Å². The SMILES string of the molecule is [2H]C([2H])(Nc1ccc(C)c2sc3ccccc3c(=O)c12)C([2H])([2H])N(CC)CC. The van der Waals surface area contributed by atoms with Crippen LogP contribution in [0.3, 0.4) is 0 Å². The van der Waals surface area contributed by atoms with Crippen molar-refractivity contribution >= 4 is 37.2 Å². The van der Waals surface area contributed by atoms with Crippen molar-refractivity contribution in [2.24, 2.45) is 0 Å². The van der Waals surface area contributed by atoms with Crippen molar-refractivity contribution in [2.45, 2.75) is 20.8 Å². The quantitative estimate of drug-likeness (QED) is 0.669. The first-order valence-electron chi connectivity index (χ1n) is 10.1. The van der Waals surface area contributed by atoms with Gasteiger partial charge in [0.15, 0.2) is 5.43 Å². The number of hydrogen-bond acceptors (Lipinski definition) is 4. The minimum absolute atomic E-state index is 0.172. The number of hydrogen-bond donors (Lipinski definition) is 1. The standard InChI is InChI=1S/C20H24N2OS/c1-4-22(5-2)13-12-21-16-11-10-14(3)20-18(16)19(23)15-8-6-7-9-17(15)24-20/h6-11,21H,4-5,12-13H2,1-3H3/i12D2,13D2. The molecule has 0 unspecified atom stereocenters. The largest absolute Gasteiger partial charge is 0.383 e. The van der Waals surface area contributed by atoms with Gasteiger partial charge in [0.2, 0.25) is 0 Å². The topological polar surface area (TPSA) is 32.3 Å². The maximum atomic E-state index is 13.2. The summed E-state index contributed by atoms with van der Waals surface area (Å²) in [6.45, 7) is 1.60. The van der Waals surface area contributed by atoms with Crippen LogP contribution in [0.1, 0.15) is 24.9 Å². The molecule has 0 aliphatic rings. The van der Waals surface area contributed by atoms with Crippen LogP contribution in [0.4, 0.5) is 5.69 Å². The van der Waals surface area contributed by atoms with Gasteiger partial charge in [0, 0.05) is 36.2 Å². The van der Waals surface area contributed by atoms with E-state index in [2.05, 4.69) is 5.32 Å². The van der Waals surface area contributed by atoms with E-state index in [0.717, 1.165) is 15.0 Å². The van der Waals surface area contributed by atoms with Crippen molar-refractivity contribution in [2.75, 3.05) is 31.4 Å². The Morgan fingerprint density at radius 1 is 1.17 bits per heavy atom. The van der Waals surface area contributed by atoms with Crippen LogP contribution in [0.5, 0.6) is 0 Å². The van der Waals surface area contributed by atoms with Gasteiger partial charge in [-0.1, -0.05) is 32.0 Å². The predicted molar refractivity (Wildman–Crippen MR) is 107 cm³/mol. The zero-order valence-corrected chi connectivity index (χ0v) is 15.0. The molecule has 0 saturated heterocycles. The molecule has 2 aromatic carbocycles. The van der Waals surface area contributed by atoms with Gasteiger partial charge in [0.1, 0.15) is 0 Å². The third-order valence-corrected chi connectivity index (χ3v) is 5.41. The maximum absolute atomic E-state index is 13.2. The van der Waals surface area contributed by atoms with E-state index in [4.69, 9.17) is 5.48 Å². The normalized spacial score (nSPS) is 15.2. The summed E-state index contributed by atoms with van der Waals surface area (Å²) in [7, 11) is 0. The number of rotatable bonds is 6. The second-order valence-electron chi connectivity index (χ2n) is 5.60. The number of anilines is 1. The molecule has 3 rings (SSSR count). The molecule has 0 bridgehead atoms. The minimum Gasteiger partial charge on any atom is -0.383 e. The Morgan fingerprint density at radius 3 is 2.67 bits per heavy atom. The molecule has 0 amide bonds. The molecule has 0 radical (unpaired) electrons. The van der Waals surface area contributed by atoms with Gasteiger partial charge in [0.05, 0.1) is 8.13 Å². The third-order valence-electron chi connectivity index (χ3n) is 4.10. The van der Waals surface area contributed by atoms with Gasteiger partial charge in [-0.15, -0.1) is 11.3 Å². The lowest BCUT2D eigenvalue weighted by Crippen LogP contribution is -2.28. The molecule has 3 aromatic rings. The molecule has 1 N–H and O–H groups in total. The van der Waals surface area contributed by atoms with Crippen molar-refractivity contribution in [1.29, 1.82) is 0 Å². The highest BCUT2D eigenvalue weighted by Crippen LogP contribution is 2.31. The molecular weight excluding hydrogens is 316 g/mol. The Kier molecular flexibility index (Phi) is 3.80. The summed E-state index contributed by atoms with van der Waals surface area (Å²) in [6.07, 6.45) is 0. The van der Waals surface area contributed by atoms with Crippen molar-refractivity contribution in [3.8, 4) is 0 Å². The first kappa shape index (κ1) is 12.5. The minimum atomic E-state index is -2.40. The van der Waals surface area contributed by atoms with E-state index in [9.17, 15) is 4.79 Å². The van der Waals surface area contributed by atoms with Gasteiger partial charge < -0.3 is 10.2 Å². The zero-order valence-electron chi connectivity index (χ0n) is 18.1. The van der Waals surface area contributed by atoms with E-state index in [1.165, 1.54) is 16.2 Å². The van der Waals surface area contributed by atoms with Crippen LogP contribution in [-0.2, 0) is 0 Å². The van der Waals surface area contributed by atoms with Gasteiger partial charge in [-0.05, 0) is 43.8 Å². The number of benzene rings is 2. The molecule has 3 nitrogen and oxygen atoms in total. The molecule has 0 aliphatic heterocycles. The lowest BCUT2D eigenvalue weighted by molar-refractivity contribution is 0.316. The third kappa shape index (κ3) is 3.17. The van der Waals surface area contributed by atoms with Crippen LogP contribution in [-0.4, -0.2) is 31.0 Å². The fourth-order valence-electron chi connectivity index (χ4n) is 2.69. The van der Waals surface area contributed by atoms with Gasteiger partial charge >= 0.3 is 0 Å². The lowest BCUT2D eigenvalue weighted by atomic mass is 10.1. The summed E-state index contributed by atoms with van der Waals surface area (Å²) < 4.78 is 35.2. The molecule has 1 aromatic heterocycles. The molecule has 0 spiro atoms. The van der Waals surface area contributed by atoms with Crippen LogP contribution in [0, 0.1) is 6.92 Å². The maximum Gasteiger partial charge on any atom is 0.197 e. The number of fused-ring (bicyclic) bond motifs is 2. The molecule has 0 aliphatic carbocycles. The summed E-state index contributed by atoms with van der Waals surface area (Å²) in [6, 6.07) is 10.9. The highest BCUT2D eigenvalue weighted by atomic mass is 32.1. The second-order valence-corrected chi connectivity index (χ2v) is 6.65. The van der Waals surface area contributed by atoms with E-state index in [-0.39, 0.29) is 5.43 Å². The van der Waals surface area contributed by atoms with E-state index >= 15 is 0 Å². The molecular formula is C20H24N2OS. The summed E-state index contributed by atoms with van der Waals surface area (Å²) >= 11 is 1.49. The summed E-state index contributed by atoms with van der Waals surface area (Å²) in [5.41, 5.74) is 1.07. The van der Waals surface area contributed by atoms with E-state index in [1.54, 1.807) is 26.0 Å². The first-order chi connectivity index (χ1) is 13.1. The molecule has 1 heterocycles. The second kappa shape index (κ2) is 7.32. The highest BCUT2D eigenvalue weighted by molar-refractivity contribution is 7.24. The van der Waals surface area contributed by atoms with Gasteiger partial charge in [-0.25, -0.2) is 0 Å². The monoisotopic (exact) mass is 344 g/mol. The molecule has 0 atom stereocenters. The van der Waals surface area contributed by atoms with E-state index < -0.39 is 13.0 Å². The fourth-order valence-corrected chi connectivity index (χ4v) is 3.86. The van der Waals surface area contributed by atoms with Crippen molar-refractivity contribution in [3.05, 3.63) is 52.2 Å².